The van der Waals surface area contributed by atoms with Crippen LogP contribution in [0.2, 0.25) is 0 Å². The van der Waals surface area contributed by atoms with Crippen LogP contribution in [-0.2, 0) is 0 Å². The zero-order valence-electron chi connectivity index (χ0n) is 22.6. The average Bonchev–Trinajstić information content (AvgIpc) is 2.79. The molecule has 3 rings (SSSR count). The zero-order chi connectivity index (χ0) is 24.5. The average molecular weight is 477 g/mol. The third kappa shape index (κ3) is 7.38. The Hall–Kier alpha value is -2.23. The van der Waals surface area contributed by atoms with Gasteiger partial charge in [-0.15, -0.1) is 0 Å². The highest BCUT2D eigenvalue weighted by Crippen LogP contribution is 2.07. The molecule has 3 fully saturated rings. The van der Waals surface area contributed by atoms with Crippen LogP contribution in [0.1, 0.15) is 19.3 Å². The second kappa shape index (κ2) is 13.0. The molecule has 0 N–H and O–H groups in total. The summed E-state index contributed by atoms with van der Waals surface area (Å²) < 4.78 is 0. The van der Waals surface area contributed by atoms with Crippen molar-refractivity contribution in [2.75, 3.05) is 121 Å². The molecule has 0 unspecified atom stereocenters. The lowest BCUT2D eigenvalue weighted by molar-refractivity contribution is 0.282. The molecule has 0 aromatic heterocycles. The van der Waals surface area contributed by atoms with Gasteiger partial charge in [0.1, 0.15) is 0 Å². The molecule has 3 aliphatic heterocycles. The van der Waals surface area contributed by atoms with Crippen molar-refractivity contribution in [3.8, 4) is 0 Å². The van der Waals surface area contributed by atoms with Crippen molar-refractivity contribution >= 4 is 17.9 Å². The van der Waals surface area contributed by atoms with Crippen LogP contribution in [0.3, 0.4) is 0 Å². The Morgan fingerprint density at radius 2 is 0.706 bits per heavy atom. The van der Waals surface area contributed by atoms with Crippen molar-refractivity contribution < 1.29 is 0 Å². The van der Waals surface area contributed by atoms with Gasteiger partial charge in [0, 0.05) is 101 Å². The molecule has 10 heteroatoms. The molecule has 0 aromatic rings. The number of guanidine groups is 3. The lowest BCUT2D eigenvalue weighted by Gasteiger charge is -2.35. The molecule has 10 nitrogen and oxygen atoms in total. The number of hydrogen-bond acceptors (Lipinski definition) is 4. The first-order valence-electron chi connectivity index (χ1n) is 13.0. The molecular weight excluding hydrogens is 428 g/mol. The maximum atomic E-state index is 4.95. The van der Waals surface area contributed by atoms with Crippen LogP contribution in [0.5, 0.6) is 0 Å². The first-order valence-corrected chi connectivity index (χ1v) is 13.0. The van der Waals surface area contributed by atoms with Gasteiger partial charge in [-0.25, -0.2) is 0 Å². The first-order chi connectivity index (χ1) is 16.4. The molecule has 0 bridgehead atoms. The van der Waals surface area contributed by atoms with Crippen LogP contribution < -0.4 is 0 Å². The second-order valence-electron chi connectivity index (χ2n) is 9.98. The molecule has 3 aliphatic rings. The molecule has 0 aromatic carbocycles. The van der Waals surface area contributed by atoms with E-state index in [2.05, 4.69) is 76.6 Å². The van der Waals surface area contributed by atoms with E-state index in [0.717, 1.165) is 96.4 Å². The van der Waals surface area contributed by atoms with Crippen LogP contribution >= 0.6 is 0 Å². The van der Waals surface area contributed by atoms with E-state index < -0.39 is 0 Å². The van der Waals surface area contributed by atoms with Gasteiger partial charge >= 0.3 is 0 Å². The summed E-state index contributed by atoms with van der Waals surface area (Å²) in [5.41, 5.74) is 0. The fourth-order valence-electron chi connectivity index (χ4n) is 5.04. The summed E-state index contributed by atoms with van der Waals surface area (Å²) in [6, 6.07) is 0. The van der Waals surface area contributed by atoms with Gasteiger partial charge in [0.05, 0.1) is 19.6 Å². The molecule has 0 atom stereocenters. The van der Waals surface area contributed by atoms with Crippen molar-refractivity contribution in [2.45, 2.75) is 19.3 Å². The van der Waals surface area contributed by atoms with Crippen molar-refractivity contribution in [3.63, 3.8) is 0 Å². The van der Waals surface area contributed by atoms with E-state index in [0.29, 0.717) is 0 Å². The highest BCUT2D eigenvalue weighted by atomic mass is 15.4. The van der Waals surface area contributed by atoms with E-state index in [1.807, 2.05) is 0 Å². The minimum Gasteiger partial charge on any atom is -0.346 e. The molecule has 194 valence electrons. The summed E-state index contributed by atoms with van der Waals surface area (Å²) in [5, 5.41) is 0. The van der Waals surface area contributed by atoms with Gasteiger partial charge in [0.15, 0.2) is 17.9 Å². The predicted octanol–water partition coefficient (Wildman–Crippen LogP) is 0.158. The van der Waals surface area contributed by atoms with E-state index >= 15 is 0 Å². The monoisotopic (exact) mass is 476 g/mol. The number of aliphatic imine (C=N–C) groups is 3. The van der Waals surface area contributed by atoms with Gasteiger partial charge in [0.2, 0.25) is 0 Å². The molecular formula is C24H48N10. The third-order valence-corrected chi connectivity index (χ3v) is 7.02. The van der Waals surface area contributed by atoms with Crippen LogP contribution in [-0.4, -0.2) is 173 Å². The van der Waals surface area contributed by atoms with Gasteiger partial charge in [-0.05, 0) is 19.3 Å². The molecule has 3 saturated heterocycles. The Kier molecular flexibility index (Phi) is 10.1. The lowest BCUT2D eigenvalue weighted by Crippen LogP contribution is -2.47. The van der Waals surface area contributed by atoms with Gasteiger partial charge in [-0.1, -0.05) is 0 Å². The summed E-state index contributed by atoms with van der Waals surface area (Å²) in [4.78, 5) is 31.0. The predicted molar refractivity (Wildman–Crippen MR) is 143 cm³/mol. The molecule has 0 radical (unpaired) electrons. The van der Waals surface area contributed by atoms with E-state index in [1.54, 1.807) is 0 Å². The van der Waals surface area contributed by atoms with Gasteiger partial charge in [0.25, 0.3) is 0 Å². The molecule has 0 amide bonds. The minimum absolute atomic E-state index is 0.802. The molecule has 3 heterocycles. The SMILES string of the molecule is CN1CCCN(C)C1=NCCN(CCN=C1N(C)CCCN1C)CCN=C1N(C)CCCN1C. The van der Waals surface area contributed by atoms with E-state index in [1.165, 1.54) is 19.3 Å². The van der Waals surface area contributed by atoms with Crippen LogP contribution in [0.4, 0.5) is 0 Å². The maximum Gasteiger partial charge on any atom is 0.196 e. The van der Waals surface area contributed by atoms with Crippen molar-refractivity contribution in [3.05, 3.63) is 0 Å². The molecule has 0 saturated carbocycles. The van der Waals surface area contributed by atoms with Crippen LogP contribution in [0.25, 0.3) is 0 Å². The summed E-state index contributed by atoms with van der Waals surface area (Å²) in [5.74, 6) is 3.34. The Labute approximate surface area is 207 Å². The third-order valence-electron chi connectivity index (χ3n) is 7.02. The molecule has 0 spiro atoms. The minimum atomic E-state index is 0.802. The van der Waals surface area contributed by atoms with E-state index in [-0.39, 0.29) is 0 Å². The summed E-state index contributed by atoms with van der Waals surface area (Å²) in [6.45, 7) is 11.7. The number of nitrogens with zero attached hydrogens (tertiary/aromatic N) is 10. The smallest absolute Gasteiger partial charge is 0.196 e. The Bertz CT molecular complexity index is 589. The van der Waals surface area contributed by atoms with Crippen molar-refractivity contribution in [2.24, 2.45) is 15.0 Å². The quantitative estimate of drug-likeness (QED) is 0.470. The second-order valence-corrected chi connectivity index (χ2v) is 9.98. The summed E-state index contributed by atoms with van der Waals surface area (Å²) in [7, 11) is 12.9. The van der Waals surface area contributed by atoms with Crippen molar-refractivity contribution in [1.29, 1.82) is 0 Å². The number of hydrogen-bond donors (Lipinski definition) is 0. The highest BCUT2D eigenvalue weighted by Gasteiger charge is 2.19. The normalized spacial score (nSPS) is 20.0. The fourth-order valence-corrected chi connectivity index (χ4v) is 5.04. The first kappa shape index (κ1) is 26.4. The zero-order valence-corrected chi connectivity index (χ0v) is 22.6. The van der Waals surface area contributed by atoms with Gasteiger partial charge < -0.3 is 29.4 Å². The number of rotatable bonds is 9. The van der Waals surface area contributed by atoms with Crippen LogP contribution in [0, 0.1) is 0 Å². The summed E-state index contributed by atoms with van der Waals surface area (Å²) >= 11 is 0. The van der Waals surface area contributed by atoms with E-state index in [9.17, 15) is 0 Å². The largest absolute Gasteiger partial charge is 0.346 e. The topological polar surface area (TPSA) is 59.8 Å². The Balaban J connectivity index is 1.59. The van der Waals surface area contributed by atoms with Crippen molar-refractivity contribution in [1.82, 2.24) is 34.3 Å². The van der Waals surface area contributed by atoms with Crippen LogP contribution in [0.15, 0.2) is 15.0 Å². The lowest BCUT2D eigenvalue weighted by atomic mass is 10.3. The maximum absolute atomic E-state index is 4.95. The highest BCUT2D eigenvalue weighted by molar-refractivity contribution is 5.81. The fraction of sp³-hybridized carbons (Fsp3) is 0.875. The summed E-state index contributed by atoms with van der Waals surface area (Å²) in [6.07, 6.45) is 3.60. The molecule has 0 aliphatic carbocycles. The Morgan fingerprint density at radius 1 is 0.471 bits per heavy atom. The van der Waals surface area contributed by atoms with Gasteiger partial charge in [-0.3, -0.25) is 19.9 Å². The van der Waals surface area contributed by atoms with Gasteiger partial charge in [-0.2, -0.15) is 0 Å². The standard InChI is InChI=1S/C24H48N10/c1-28-13-7-14-29(2)22(28)25-10-19-34(20-11-26-23-30(3)15-8-16-31(23)4)21-12-27-24-32(5)17-9-18-33(24)6/h7-21H2,1-6H3. The van der Waals surface area contributed by atoms with E-state index in [4.69, 9.17) is 15.0 Å². The Morgan fingerprint density at radius 3 is 0.941 bits per heavy atom. The molecule has 34 heavy (non-hydrogen) atoms.